The van der Waals surface area contributed by atoms with E-state index in [1.807, 2.05) is 0 Å². The molecule has 0 heterocycles. The topological polar surface area (TPSA) is 27.7 Å². The Morgan fingerprint density at radius 3 is 0.964 bits per heavy atom. The molecule has 0 amide bonds. The molecular formula is C24H51O3P. The van der Waals surface area contributed by atoms with E-state index < -0.39 is 8.60 Å². The third-order valence-corrected chi connectivity index (χ3v) is 6.87. The lowest BCUT2D eigenvalue weighted by Gasteiger charge is -2.29. The van der Waals surface area contributed by atoms with E-state index in [9.17, 15) is 0 Å². The molecule has 0 N–H and O–H groups in total. The van der Waals surface area contributed by atoms with E-state index in [4.69, 9.17) is 13.6 Å². The quantitative estimate of drug-likeness (QED) is 0.137. The summed E-state index contributed by atoms with van der Waals surface area (Å²) in [4.78, 5) is 0. The highest BCUT2D eigenvalue weighted by molar-refractivity contribution is 7.41. The largest absolute Gasteiger partial charge is 0.333 e. The second kappa shape index (κ2) is 20.6. The molecule has 28 heavy (non-hydrogen) atoms. The lowest BCUT2D eigenvalue weighted by atomic mass is 10.1. The predicted octanol–water partition coefficient (Wildman–Crippen LogP) is 9.34. The van der Waals surface area contributed by atoms with E-state index in [2.05, 4.69) is 41.5 Å². The number of hydrogen-bond donors (Lipinski definition) is 0. The summed E-state index contributed by atoms with van der Waals surface area (Å²) in [5.74, 6) is 0. The Labute approximate surface area is 178 Å². The Hall–Kier alpha value is 0.310. The normalized spacial score (nSPS) is 16.1. The van der Waals surface area contributed by atoms with Crippen LogP contribution in [0.1, 0.15) is 138 Å². The minimum absolute atomic E-state index is 0.263. The smallest absolute Gasteiger partial charge is 0.309 e. The van der Waals surface area contributed by atoms with Gasteiger partial charge in [-0.3, -0.25) is 0 Å². The molecule has 0 aromatic carbocycles. The molecule has 3 atom stereocenters. The fourth-order valence-corrected chi connectivity index (χ4v) is 4.94. The maximum atomic E-state index is 6.44. The highest BCUT2D eigenvalue weighted by Crippen LogP contribution is 2.47. The minimum Gasteiger partial charge on any atom is -0.309 e. The molecule has 0 fully saturated rings. The maximum Gasteiger partial charge on any atom is 0.333 e. The second-order valence-corrected chi connectivity index (χ2v) is 9.20. The molecule has 4 heteroatoms. The predicted molar refractivity (Wildman–Crippen MR) is 125 cm³/mol. The highest BCUT2D eigenvalue weighted by Gasteiger charge is 2.25. The van der Waals surface area contributed by atoms with Crippen molar-refractivity contribution in [2.24, 2.45) is 0 Å². The Bertz CT molecular complexity index is 267. The van der Waals surface area contributed by atoms with Gasteiger partial charge < -0.3 is 13.6 Å². The first-order valence-electron chi connectivity index (χ1n) is 12.4. The molecule has 0 rings (SSSR count). The molecule has 0 saturated heterocycles. The van der Waals surface area contributed by atoms with Crippen LogP contribution in [0.4, 0.5) is 0 Å². The van der Waals surface area contributed by atoms with Crippen LogP contribution in [-0.2, 0) is 13.6 Å². The first kappa shape index (κ1) is 28.3. The van der Waals surface area contributed by atoms with Gasteiger partial charge in [0, 0.05) is 0 Å². The molecule has 0 aromatic heterocycles. The summed E-state index contributed by atoms with van der Waals surface area (Å²) < 4.78 is 19.3. The fourth-order valence-electron chi connectivity index (χ4n) is 3.30. The lowest BCUT2D eigenvalue weighted by molar-refractivity contribution is 0.0526. The van der Waals surface area contributed by atoms with Crippen LogP contribution >= 0.6 is 8.60 Å². The average molecular weight is 419 g/mol. The Balaban J connectivity index is 4.84. The molecule has 0 aliphatic heterocycles. The molecular weight excluding hydrogens is 367 g/mol. The van der Waals surface area contributed by atoms with Crippen LogP contribution in [0.2, 0.25) is 0 Å². The number of hydrogen-bond acceptors (Lipinski definition) is 3. The van der Waals surface area contributed by atoms with Gasteiger partial charge in [0.1, 0.15) is 0 Å². The van der Waals surface area contributed by atoms with Gasteiger partial charge in [-0.15, -0.1) is 0 Å². The zero-order valence-corrected chi connectivity index (χ0v) is 20.9. The van der Waals surface area contributed by atoms with E-state index in [-0.39, 0.29) is 18.3 Å². The van der Waals surface area contributed by atoms with Crippen LogP contribution in [-0.4, -0.2) is 18.3 Å². The third-order valence-electron chi connectivity index (χ3n) is 5.46. The molecule has 0 aromatic rings. The molecule has 0 radical (unpaired) electrons. The van der Waals surface area contributed by atoms with Gasteiger partial charge in [0.05, 0.1) is 18.3 Å². The van der Waals surface area contributed by atoms with Crippen molar-refractivity contribution in [1.82, 2.24) is 0 Å². The highest BCUT2D eigenvalue weighted by atomic mass is 31.2. The van der Waals surface area contributed by atoms with Gasteiger partial charge in [0.2, 0.25) is 0 Å². The minimum atomic E-state index is -1.26. The molecule has 170 valence electrons. The van der Waals surface area contributed by atoms with Crippen molar-refractivity contribution < 1.29 is 13.6 Å². The Kier molecular flexibility index (Phi) is 20.8. The van der Waals surface area contributed by atoms with Crippen molar-refractivity contribution in [2.45, 2.75) is 156 Å². The van der Waals surface area contributed by atoms with E-state index in [1.165, 1.54) is 57.8 Å². The lowest BCUT2D eigenvalue weighted by Crippen LogP contribution is -2.18. The van der Waals surface area contributed by atoms with Gasteiger partial charge in [-0.1, -0.05) is 99.3 Å². The molecule has 0 spiro atoms. The van der Waals surface area contributed by atoms with Crippen LogP contribution in [0.3, 0.4) is 0 Å². The van der Waals surface area contributed by atoms with Crippen molar-refractivity contribution in [1.29, 1.82) is 0 Å². The number of rotatable bonds is 21. The summed E-state index contributed by atoms with van der Waals surface area (Å²) >= 11 is 0. The molecule has 3 unspecified atom stereocenters. The van der Waals surface area contributed by atoms with Gasteiger partial charge in [-0.25, -0.2) is 0 Å². The van der Waals surface area contributed by atoms with Crippen molar-refractivity contribution in [2.75, 3.05) is 0 Å². The van der Waals surface area contributed by atoms with E-state index in [0.717, 1.165) is 38.5 Å². The standard InChI is InChI=1S/C24H51O3P/c1-7-13-16-19-22(10-4)25-28(26-23(11-5)20-17-14-8-2)27-24(12-6)21-18-15-9-3/h22-24H,7-21H2,1-6H3. The van der Waals surface area contributed by atoms with Crippen LogP contribution in [0.15, 0.2) is 0 Å². The Morgan fingerprint density at radius 2 is 0.750 bits per heavy atom. The van der Waals surface area contributed by atoms with Crippen molar-refractivity contribution in [3.8, 4) is 0 Å². The summed E-state index contributed by atoms with van der Waals surface area (Å²) in [6.45, 7) is 13.4. The van der Waals surface area contributed by atoms with E-state index in [1.54, 1.807) is 0 Å². The molecule has 3 nitrogen and oxygen atoms in total. The number of unbranched alkanes of at least 4 members (excludes halogenated alkanes) is 6. The van der Waals surface area contributed by atoms with Gasteiger partial charge >= 0.3 is 8.60 Å². The molecule has 0 bridgehead atoms. The molecule has 0 saturated carbocycles. The zero-order chi connectivity index (χ0) is 21.0. The van der Waals surface area contributed by atoms with E-state index in [0.29, 0.717) is 0 Å². The van der Waals surface area contributed by atoms with Gasteiger partial charge in [-0.2, -0.15) is 0 Å². The van der Waals surface area contributed by atoms with Crippen LogP contribution < -0.4 is 0 Å². The van der Waals surface area contributed by atoms with Gasteiger partial charge in [-0.05, 0) is 38.5 Å². The maximum absolute atomic E-state index is 6.44. The SMILES string of the molecule is CCCCCC(CC)OP(OC(CC)CCCCC)OC(CC)CCCCC. The fraction of sp³-hybridized carbons (Fsp3) is 1.00. The zero-order valence-electron chi connectivity index (χ0n) is 20.0. The van der Waals surface area contributed by atoms with Crippen LogP contribution in [0.5, 0.6) is 0 Å². The molecule has 0 aliphatic rings. The Morgan fingerprint density at radius 1 is 0.464 bits per heavy atom. The van der Waals surface area contributed by atoms with Gasteiger partial charge in [0.25, 0.3) is 0 Å². The van der Waals surface area contributed by atoms with Crippen molar-refractivity contribution in [3.63, 3.8) is 0 Å². The summed E-state index contributed by atoms with van der Waals surface area (Å²) in [7, 11) is -1.26. The monoisotopic (exact) mass is 418 g/mol. The van der Waals surface area contributed by atoms with Crippen molar-refractivity contribution in [3.05, 3.63) is 0 Å². The summed E-state index contributed by atoms with van der Waals surface area (Å²) in [6, 6.07) is 0. The van der Waals surface area contributed by atoms with Crippen molar-refractivity contribution >= 4 is 8.60 Å². The average Bonchev–Trinajstić information content (AvgIpc) is 2.71. The first-order valence-corrected chi connectivity index (χ1v) is 13.5. The second-order valence-electron chi connectivity index (χ2n) is 8.12. The van der Waals surface area contributed by atoms with Crippen LogP contribution in [0, 0.1) is 0 Å². The summed E-state index contributed by atoms with van der Waals surface area (Å²) in [5.41, 5.74) is 0. The summed E-state index contributed by atoms with van der Waals surface area (Å²) in [6.07, 6.45) is 18.6. The molecule has 0 aliphatic carbocycles. The van der Waals surface area contributed by atoms with E-state index >= 15 is 0 Å². The van der Waals surface area contributed by atoms with Crippen LogP contribution in [0.25, 0.3) is 0 Å². The summed E-state index contributed by atoms with van der Waals surface area (Å²) in [5, 5.41) is 0. The third kappa shape index (κ3) is 15.2. The van der Waals surface area contributed by atoms with Gasteiger partial charge in [0.15, 0.2) is 0 Å². The first-order chi connectivity index (χ1) is 13.6.